The molecule has 2 amide bonds. The number of nitrogens with zero attached hydrogens (tertiary/aromatic N) is 2. The van der Waals surface area contributed by atoms with Crippen LogP contribution in [-0.4, -0.2) is 44.2 Å². The Kier molecular flexibility index (Phi) is 6.69. The molecule has 0 unspecified atom stereocenters. The van der Waals surface area contributed by atoms with E-state index in [1.54, 1.807) is 17.0 Å². The topological polar surface area (TPSA) is 59.1 Å². The van der Waals surface area contributed by atoms with Gasteiger partial charge in [0.25, 0.3) is 0 Å². The van der Waals surface area contributed by atoms with Crippen molar-refractivity contribution in [3.05, 3.63) is 59.4 Å². The second-order valence-electron chi connectivity index (χ2n) is 6.89. The molecular weight excluding hydrogens is 375 g/mol. The molecule has 0 aliphatic carbocycles. The summed E-state index contributed by atoms with van der Waals surface area (Å²) in [6.07, 6.45) is 3.00. The van der Waals surface area contributed by atoms with E-state index in [1.165, 1.54) is 31.3 Å². The zero-order valence-electron chi connectivity index (χ0n) is 16.7. The van der Waals surface area contributed by atoms with E-state index < -0.39 is 11.8 Å². The lowest BCUT2D eigenvalue weighted by Gasteiger charge is -2.33. The molecule has 29 heavy (non-hydrogen) atoms. The van der Waals surface area contributed by atoms with Gasteiger partial charge in [-0.15, -0.1) is 0 Å². The van der Waals surface area contributed by atoms with Crippen LogP contribution < -0.4 is 9.64 Å². The van der Waals surface area contributed by atoms with Gasteiger partial charge in [-0.1, -0.05) is 18.2 Å². The predicted octanol–water partition coefficient (Wildman–Crippen LogP) is 4.23. The number of hydrogen-bond acceptors (Lipinski definition) is 4. The quantitative estimate of drug-likeness (QED) is 0.705. The number of carbonyl (C=O) groups excluding carboxylic acids is 2. The zero-order chi connectivity index (χ0) is 20.8. The van der Waals surface area contributed by atoms with E-state index in [0.717, 1.165) is 25.3 Å². The van der Waals surface area contributed by atoms with Crippen LogP contribution in [0.1, 0.15) is 35.2 Å². The molecule has 1 heterocycles. The van der Waals surface area contributed by atoms with Crippen molar-refractivity contribution in [2.75, 3.05) is 32.2 Å². The van der Waals surface area contributed by atoms with Crippen LogP contribution in [0.3, 0.4) is 0 Å². The number of methoxy groups -OCH3 is 2. The Bertz CT molecular complexity index is 881. The first-order valence-electron chi connectivity index (χ1n) is 9.61. The summed E-state index contributed by atoms with van der Waals surface area (Å²) in [5.74, 6) is -0.648. The maximum atomic E-state index is 14.7. The highest BCUT2D eigenvalue weighted by atomic mass is 19.1. The number of anilines is 1. The summed E-state index contributed by atoms with van der Waals surface area (Å²) >= 11 is 0. The average Bonchev–Trinajstić information content (AvgIpc) is 2.77. The molecule has 1 saturated heterocycles. The van der Waals surface area contributed by atoms with E-state index in [4.69, 9.17) is 4.74 Å². The van der Waals surface area contributed by atoms with Crippen molar-refractivity contribution in [2.24, 2.45) is 0 Å². The number of benzene rings is 2. The van der Waals surface area contributed by atoms with Crippen molar-refractivity contribution in [2.45, 2.75) is 25.8 Å². The van der Waals surface area contributed by atoms with Crippen molar-refractivity contribution in [3.8, 4) is 5.75 Å². The fourth-order valence-corrected chi connectivity index (χ4v) is 3.46. The second-order valence-corrected chi connectivity index (χ2v) is 6.89. The third-order valence-corrected chi connectivity index (χ3v) is 5.04. The van der Waals surface area contributed by atoms with E-state index in [0.29, 0.717) is 30.1 Å². The Hall–Kier alpha value is -3.09. The summed E-state index contributed by atoms with van der Waals surface area (Å²) in [5, 5.41) is 0. The molecule has 0 spiro atoms. The lowest BCUT2D eigenvalue weighted by atomic mass is 10.1. The Morgan fingerprint density at radius 2 is 1.79 bits per heavy atom. The SMILES string of the molecule is COC(=O)c1ccc(CN(C(=O)N2CCCCC2)c2ccccc2OC)c(F)c1. The van der Waals surface area contributed by atoms with Crippen molar-refractivity contribution in [1.29, 1.82) is 0 Å². The van der Waals surface area contributed by atoms with E-state index in [1.807, 2.05) is 12.1 Å². The summed E-state index contributed by atoms with van der Waals surface area (Å²) in [6, 6.07) is 11.1. The minimum atomic E-state index is -0.610. The third kappa shape index (κ3) is 4.67. The fourth-order valence-electron chi connectivity index (χ4n) is 3.46. The number of para-hydroxylation sites is 2. The number of amides is 2. The molecule has 2 aromatic carbocycles. The third-order valence-electron chi connectivity index (χ3n) is 5.04. The molecule has 2 aromatic rings. The zero-order valence-corrected chi connectivity index (χ0v) is 16.7. The van der Waals surface area contributed by atoms with Crippen LogP contribution in [0.2, 0.25) is 0 Å². The Balaban J connectivity index is 1.95. The highest BCUT2D eigenvalue weighted by Gasteiger charge is 2.27. The van der Waals surface area contributed by atoms with Gasteiger partial charge in [-0.05, 0) is 43.5 Å². The Morgan fingerprint density at radius 1 is 1.07 bits per heavy atom. The van der Waals surface area contributed by atoms with Crippen LogP contribution in [0.4, 0.5) is 14.9 Å². The van der Waals surface area contributed by atoms with Gasteiger partial charge in [-0.3, -0.25) is 4.90 Å². The van der Waals surface area contributed by atoms with Gasteiger partial charge in [0.15, 0.2) is 0 Å². The lowest BCUT2D eigenvalue weighted by Crippen LogP contribution is -2.45. The summed E-state index contributed by atoms with van der Waals surface area (Å²) in [6.45, 7) is 1.37. The first-order valence-corrected chi connectivity index (χ1v) is 9.61. The maximum absolute atomic E-state index is 14.7. The van der Waals surface area contributed by atoms with Crippen LogP contribution in [0.15, 0.2) is 42.5 Å². The number of hydrogen-bond donors (Lipinski definition) is 0. The minimum Gasteiger partial charge on any atom is -0.495 e. The molecule has 0 bridgehead atoms. The second kappa shape index (κ2) is 9.41. The highest BCUT2D eigenvalue weighted by Crippen LogP contribution is 2.31. The first-order chi connectivity index (χ1) is 14.0. The van der Waals surface area contributed by atoms with Gasteiger partial charge < -0.3 is 14.4 Å². The van der Waals surface area contributed by atoms with Crippen LogP contribution >= 0.6 is 0 Å². The summed E-state index contributed by atoms with van der Waals surface area (Å²) < 4.78 is 24.8. The number of esters is 1. The van der Waals surface area contributed by atoms with Crippen LogP contribution in [0, 0.1) is 5.82 Å². The summed E-state index contributed by atoms with van der Waals surface area (Å²) in [4.78, 5) is 28.3. The van der Waals surface area contributed by atoms with Gasteiger partial charge in [0.2, 0.25) is 0 Å². The smallest absolute Gasteiger partial charge is 0.337 e. The van der Waals surface area contributed by atoms with E-state index in [2.05, 4.69) is 4.74 Å². The molecule has 0 saturated carbocycles. The van der Waals surface area contributed by atoms with Crippen LogP contribution in [-0.2, 0) is 11.3 Å². The maximum Gasteiger partial charge on any atom is 0.337 e. The number of ether oxygens (including phenoxy) is 2. The average molecular weight is 400 g/mol. The largest absolute Gasteiger partial charge is 0.495 e. The monoisotopic (exact) mass is 400 g/mol. The van der Waals surface area contributed by atoms with Gasteiger partial charge in [0.1, 0.15) is 11.6 Å². The molecule has 154 valence electrons. The fraction of sp³-hybridized carbons (Fsp3) is 0.364. The molecule has 7 heteroatoms. The van der Waals surface area contributed by atoms with Gasteiger partial charge in [-0.2, -0.15) is 0 Å². The van der Waals surface area contributed by atoms with Crippen molar-refractivity contribution < 1.29 is 23.5 Å². The van der Waals surface area contributed by atoms with Crippen molar-refractivity contribution in [1.82, 2.24) is 4.90 Å². The molecule has 0 atom stereocenters. The lowest BCUT2D eigenvalue weighted by molar-refractivity contribution is 0.0600. The van der Waals surface area contributed by atoms with E-state index >= 15 is 0 Å². The number of urea groups is 1. The van der Waals surface area contributed by atoms with Gasteiger partial charge in [0, 0.05) is 18.7 Å². The van der Waals surface area contributed by atoms with Crippen molar-refractivity contribution in [3.63, 3.8) is 0 Å². The Morgan fingerprint density at radius 3 is 2.45 bits per heavy atom. The molecule has 1 aliphatic heterocycles. The number of piperidine rings is 1. The van der Waals surface area contributed by atoms with Gasteiger partial charge >= 0.3 is 12.0 Å². The Labute approximate surface area is 169 Å². The molecule has 0 radical (unpaired) electrons. The highest BCUT2D eigenvalue weighted by molar-refractivity contribution is 5.94. The molecule has 1 fully saturated rings. The summed E-state index contributed by atoms with van der Waals surface area (Å²) in [7, 11) is 2.78. The molecule has 0 aromatic heterocycles. The number of halogens is 1. The molecule has 3 rings (SSSR count). The van der Waals surface area contributed by atoms with E-state index in [9.17, 15) is 14.0 Å². The van der Waals surface area contributed by atoms with Gasteiger partial charge in [-0.25, -0.2) is 14.0 Å². The number of rotatable bonds is 5. The van der Waals surface area contributed by atoms with Crippen LogP contribution in [0.5, 0.6) is 5.75 Å². The minimum absolute atomic E-state index is 0.0169. The number of carbonyl (C=O) groups is 2. The molecular formula is C22H25FN2O4. The van der Waals surface area contributed by atoms with E-state index in [-0.39, 0.29) is 18.1 Å². The molecule has 6 nitrogen and oxygen atoms in total. The van der Waals surface area contributed by atoms with Crippen molar-refractivity contribution >= 4 is 17.7 Å². The van der Waals surface area contributed by atoms with Gasteiger partial charge in [0.05, 0.1) is 32.0 Å². The van der Waals surface area contributed by atoms with Crippen LogP contribution in [0.25, 0.3) is 0 Å². The normalized spacial score (nSPS) is 13.7. The first kappa shape index (κ1) is 20.6. The predicted molar refractivity (Wildman–Crippen MR) is 108 cm³/mol. The molecule has 0 N–H and O–H groups in total. The standard InChI is InChI=1S/C22H25FN2O4/c1-28-20-9-5-4-8-19(20)25(22(27)24-12-6-3-7-13-24)15-17-11-10-16(14-18(17)23)21(26)29-2/h4-5,8-11,14H,3,6-7,12-13,15H2,1-2H3. The molecule has 1 aliphatic rings. The summed E-state index contributed by atoms with van der Waals surface area (Å²) in [5.41, 5.74) is 0.996. The number of likely N-dealkylation sites (tertiary alicyclic amines) is 1.